The second-order valence-electron chi connectivity index (χ2n) is 16.7. The Kier molecular flexibility index (Phi) is 21.5. The number of amides is 8. The first-order valence-corrected chi connectivity index (χ1v) is 22.6. The number of carboxylic acid groups (broad SMARTS) is 2. The van der Waals surface area contributed by atoms with Gasteiger partial charge in [-0.1, -0.05) is 30.3 Å². The molecule has 0 unspecified atom stereocenters. The van der Waals surface area contributed by atoms with Crippen molar-refractivity contribution in [2.24, 2.45) is 22.2 Å². The van der Waals surface area contributed by atoms with Crippen LogP contribution in [-0.4, -0.2) is 182 Å². The highest BCUT2D eigenvalue weighted by Crippen LogP contribution is 2.21. The summed E-state index contributed by atoms with van der Waals surface area (Å²) in [5.74, 6) is -9.18. The number of nitrogens with two attached hydrogens (primary N) is 3. The highest BCUT2D eigenvalue weighted by atomic mass is 16.4. The minimum atomic E-state index is -1.65. The Hall–Kier alpha value is -7.68. The third-order valence-corrected chi connectivity index (χ3v) is 11.5. The van der Waals surface area contributed by atoms with E-state index in [-0.39, 0.29) is 64.1 Å². The zero-order chi connectivity index (χ0) is 51.3. The first-order valence-electron chi connectivity index (χ1n) is 22.6. The Morgan fingerprint density at radius 2 is 1.40 bits per heavy atom. The number of carbonyl (C=O) groups is 10. The van der Waals surface area contributed by atoms with Crippen molar-refractivity contribution < 1.29 is 63.3 Å². The van der Waals surface area contributed by atoms with Gasteiger partial charge in [0.25, 0.3) is 0 Å². The molecule has 3 heterocycles. The number of aromatic amines is 1. The Balaban J connectivity index is 1.39. The number of aliphatic hydroxyl groups excluding tert-OH is 1. The van der Waals surface area contributed by atoms with E-state index in [9.17, 15) is 63.3 Å². The zero-order valence-electron chi connectivity index (χ0n) is 38.3. The zero-order valence-corrected chi connectivity index (χ0v) is 38.3. The number of nitrogens with one attached hydrogen (secondary N) is 7. The number of benzene rings is 1. The van der Waals surface area contributed by atoms with Gasteiger partial charge in [-0.25, -0.2) is 9.78 Å². The quantitative estimate of drug-likeness (QED) is 0.0226. The second-order valence-corrected chi connectivity index (χ2v) is 16.7. The predicted octanol–water partition coefficient (Wildman–Crippen LogP) is -5.33. The SMILES string of the molecule is NC(N)=NCCC[C@H](NC(=O)[C@@H]1CCCN1C(=O)CNC(=O)[C@H](Cc1ccccc1)NC(=O)[C@@H]1CCCN1C(=O)[C@H](CCC(=O)O)NC(=O)[C@H](CO)NC(=O)CNC(=O)[C@@H](N)Cc1cnc[nH]1)C(=O)O. The number of carbonyl (C=O) groups excluding carboxylic acids is 8. The highest BCUT2D eigenvalue weighted by Gasteiger charge is 2.40. The molecule has 2 fully saturated rings. The average Bonchev–Trinajstić information content (AvgIpc) is 4.15. The fourth-order valence-corrected chi connectivity index (χ4v) is 7.85. The number of guanidine groups is 1. The summed E-state index contributed by atoms with van der Waals surface area (Å²) in [4.78, 5) is 143. The summed E-state index contributed by atoms with van der Waals surface area (Å²) in [5, 5.41) is 43.7. The van der Waals surface area contributed by atoms with Gasteiger partial charge in [0.1, 0.15) is 36.3 Å². The van der Waals surface area contributed by atoms with E-state index in [0.717, 1.165) is 4.90 Å². The molecular formula is C43H62N14O13. The lowest BCUT2D eigenvalue weighted by Crippen LogP contribution is -2.59. The number of hydrogen-bond acceptors (Lipinski definition) is 14. The van der Waals surface area contributed by atoms with Crippen molar-refractivity contribution in [2.45, 2.75) is 107 Å². The molecule has 0 spiro atoms. The van der Waals surface area contributed by atoms with Crippen molar-refractivity contribution in [1.29, 1.82) is 0 Å². The molecule has 8 amide bonds. The lowest BCUT2D eigenvalue weighted by molar-refractivity contribution is -0.144. The van der Waals surface area contributed by atoms with E-state index in [0.29, 0.717) is 24.1 Å². The molecule has 16 N–H and O–H groups in total. The number of likely N-dealkylation sites (tertiary alicyclic amines) is 2. The minimum Gasteiger partial charge on any atom is -0.481 e. The molecule has 1 aromatic heterocycles. The van der Waals surface area contributed by atoms with E-state index in [4.69, 9.17) is 17.2 Å². The minimum absolute atomic E-state index is 0.00145. The summed E-state index contributed by atoms with van der Waals surface area (Å²) in [6.07, 6.45) is 3.18. The van der Waals surface area contributed by atoms with Gasteiger partial charge < -0.3 is 79.2 Å². The molecule has 27 nitrogen and oxygen atoms in total. The standard InChI is InChI=1S/C43H62N14O13/c44-26(18-25-19-47-23-51-25)36(63)49-20-33(59)52-30(22-58)38(65)53-27(12-13-35(61)62)41(68)57-16-6-11-32(57)40(67)55-29(17-24-7-2-1-3-8-24)37(64)50-21-34(60)56-15-5-10-31(56)39(66)54-28(42(69)70)9-4-14-48-43(45)46/h1-3,7-8,19,23,26-32,58H,4-6,9-18,20-22,44H2,(H,47,51)(H,49,63)(H,50,64)(H,52,59)(H,53,65)(H,54,66)(H,55,67)(H,61,62)(H,69,70)(H4,45,46,48)/t26-,27-,28-,29-,30-,31-,32-/m0/s1. The van der Waals surface area contributed by atoms with Crippen LogP contribution in [0.4, 0.5) is 0 Å². The molecule has 4 rings (SSSR count). The van der Waals surface area contributed by atoms with Crippen molar-refractivity contribution >= 4 is 65.2 Å². The van der Waals surface area contributed by atoms with Crippen LogP contribution >= 0.6 is 0 Å². The van der Waals surface area contributed by atoms with Gasteiger partial charge in [-0.05, 0) is 50.5 Å². The number of hydrogen-bond donors (Lipinski definition) is 13. The summed E-state index contributed by atoms with van der Waals surface area (Å²) >= 11 is 0. The van der Waals surface area contributed by atoms with Crippen LogP contribution in [0.1, 0.15) is 62.6 Å². The topological polar surface area (TPSA) is 429 Å². The molecular weight excluding hydrogens is 921 g/mol. The Morgan fingerprint density at radius 1 is 0.757 bits per heavy atom. The third kappa shape index (κ3) is 17.1. The average molecular weight is 983 g/mol. The number of aliphatic hydroxyl groups is 1. The van der Waals surface area contributed by atoms with Crippen LogP contribution in [0.3, 0.4) is 0 Å². The normalized spacial score (nSPS) is 17.4. The van der Waals surface area contributed by atoms with E-state index >= 15 is 0 Å². The lowest BCUT2D eigenvalue weighted by Gasteiger charge is -2.30. The first kappa shape index (κ1) is 54.9. The van der Waals surface area contributed by atoms with Crippen molar-refractivity contribution in [3.8, 4) is 0 Å². The van der Waals surface area contributed by atoms with Crippen LogP contribution in [0.2, 0.25) is 0 Å². The number of nitrogens with zero attached hydrogens (tertiary/aromatic N) is 4. The monoisotopic (exact) mass is 982 g/mol. The molecule has 382 valence electrons. The Labute approximate surface area is 401 Å². The van der Waals surface area contributed by atoms with Gasteiger partial charge in [0.15, 0.2) is 5.96 Å². The molecule has 2 aliphatic heterocycles. The van der Waals surface area contributed by atoms with E-state index in [1.54, 1.807) is 30.3 Å². The summed E-state index contributed by atoms with van der Waals surface area (Å²) in [6.45, 7) is -1.89. The fourth-order valence-electron chi connectivity index (χ4n) is 7.85. The maximum absolute atomic E-state index is 14.1. The van der Waals surface area contributed by atoms with Crippen LogP contribution in [-0.2, 0) is 60.8 Å². The molecule has 2 aliphatic rings. The number of aromatic nitrogens is 2. The van der Waals surface area contributed by atoms with Crippen LogP contribution in [0, 0.1) is 0 Å². The van der Waals surface area contributed by atoms with Gasteiger partial charge in [0.2, 0.25) is 47.3 Å². The molecule has 27 heteroatoms. The van der Waals surface area contributed by atoms with Gasteiger partial charge in [0.05, 0.1) is 32.1 Å². The maximum Gasteiger partial charge on any atom is 0.326 e. The van der Waals surface area contributed by atoms with Crippen molar-refractivity contribution in [1.82, 2.24) is 51.7 Å². The van der Waals surface area contributed by atoms with Crippen LogP contribution in [0.15, 0.2) is 47.8 Å². The third-order valence-electron chi connectivity index (χ3n) is 11.5. The van der Waals surface area contributed by atoms with Crippen LogP contribution < -0.4 is 49.1 Å². The Bertz CT molecular complexity index is 2190. The van der Waals surface area contributed by atoms with Gasteiger partial charge in [-0.2, -0.15) is 0 Å². The molecule has 0 aliphatic carbocycles. The highest BCUT2D eigenvalue weighted by molar-refractivity contribution is 5.97. The molecule has 0 saturated carbocycles. The molecule has 0 radical (unpaired) electrons. The smallest absolute Gasteiger partial charge is 0.326 e. The molecule has 2 aromatic rings. The number of H-pyrrole nitrogens is 1. The van der Waals surface area contributed by atoms with Gasteiger partial charge >= 0.3 is 11.9 Å². The van der Waals surface area contributed by atoms with Crippen molar-refractivity contribution in [3.05, 3.63) is 54.1 Å². The van der Waals surface area contributed by atoms with Crippen LogP contribution in [0.5, 0.6) is 0 Å². The molecule has 2 saturated heterocycles. The number of aliphatic carboxylic acids is 2. The van der Waals surface area contributed by atoms with Crippen LogP contribution in [0.25, 0.3) is 0 Å². The molecule has 0 bridgehead atoms. The summed E-state index contributed by atoms with van der Waals surface area (Å²) in [7, 11) is 0. The van der Waals surface area contributed by atoms with Crippen molar-refractivity contribution in [2.75, 3.05) is 39.3 Å². The molecule has 7 atom stereocenters. The second kappa shape index (κ2) is 27.3. The largest absolute Gasteiger partial charge is 0.481 e. The number of carboxylic acids is 2. The van der Waals surface area contributed by atoms with Crippen molar-refractivity contribution in [3.63, 3.8) is 0 Å². The summed E-state index contributed by atoms with van der Waals surface area (Å²) in [5.41, 5.74) is 17.7. The maximum atomic E-state index is 14.1. The van der Waals surface area contributed by atoms with Gasteiger partial charge in [-0.15, -0.1) is 0 Å². The predicted molar refractivity (Wildman–Crippen MR) is 245 cm³/mol. The van der Waals surface area contributed by atoms with E-state index in [2.05, 4.69) is 46.9 Å². The summed E-state index contributed by atoms with van der Waals surface area (Å²) in [6, 6.07) is -0.492. The van der Waals surface area contributed by atoms with E-state index < -0.39 is 134 Å². The Morgan fingerprint density at radius 3 is 2.01 bits per heavy atom. The van der Waals surface area contributed by atoms with Gasteiger partial charge in [-0.3, -0.25) is 48.1 Å². The summed E-state index contributed by atoms with van der Waals surface area (Å²) < 4.78 is 0. The van der Waals surface area contributed by atoms with E-state index in [1.165, 1.54) is 17.4 Å². The molecule has 70 heavy (non-hydrogen) atoms. The number of rotatable bonds is 27. The number of aliphatic imine (C=N–C) groups is 1. The first-order chi connectivity index (χ1) is 33.4. The van der Waals surface area contributed by atoms with E-state index in [1.807, 2.05) is 0 Å². The number of imidazole rings is 1. The van der Waals surface area contributed by atoms with Gasteiger partial charge in [0, 0.05) is 50.8 Å². The fraction of sp³-hybridized carbons (Fsp3) is 0.535. The molecule has 1 aromatic carbocycles. The lowest BCUT2D eigenvalue weighted by atomic mass is 10.0.